The Kier molecular flexibility index (Phi) is 6.47. The molecule has 0 atom stereocenters. The normalized spacial score (nSPS) is 14.0. The second-order valence-electron chi connectivity index (χ2n) is 5.49. The van der Waals surface area contributed by atoms with Gasteiger partial charge >= 0.3 is 0 Å². The standard InChI is InChI=1S/C16H25N3O2/c1-2-8-17-15-7-6-14(11-19-15)16(20)18-9-3-10-21-12-13-4-5-13/h6-7,11,13H,2-5,8-10,12H2,1H3,(H,17,19)(H,18,20). The van der Waals surface area contributed by atoms with E-state index in [1.165, 1.54) is 12.8 Å². The minimum Gasteiger partial charge on any atom is -0.381 e. The summed E-state index contributed by atoms with van der Waals surface area (Å²) in [7, 11) is 0. The minimum atomic E-state index is -0.0771. The van der Waals surface area contributed by atoms with Gasteiger partial charge in [-0.15, -0.1) is 0 Å². The van der Waals surface area contributed by atoms with Gasteiger partial charge in [-0.2, -0.15) is 0 Å². The Labute approximate surface area is 126 Å². The van der Waals surface area contributed by atoms with Crippen molar-refractivity contribution in [2.45, 2.75) is 32.6 Å². The number of rotatable bonds is 10. The van der Waals surface area contributed by atoms with Gasteiger partial charge < -0.3 is 15.4 Å². The zero-order valence-electron chi connectivity index (χ0n) is 12.7. The molecule has 1 aliphatic carbocycles. The number of pyridine rings is 1. The molecule has 2 rings (SSSR count). The van der Waals surface area contributed by atoms with Crippen LogP contribution in [0, 0.1) is 5.92 Å². The average molecular weight is 291 g/mol. The summed E-state index contributed by atoms with van der Waals surface area (Å²) in [5.74, 6) is 1.53. The first-order valence-electron chi connectivity index (χ1n) is 7.85. The fourth-order valence-corrected chi connectivity index (χ4v) is 1.90. The molecule has 5 nitrogen and oxygen atoms in total. The number of amides is 1. The molecule has 1 heterocycles. The number of anilines is 1. The molecule has 1 amide bonds. The van der Waals surface area contributed by atoms with E-state index in [0.29, 0.717) is 12.1 Å². The van der Waals surface area contributed by atoms with Crippen LogP contribution >= 0.6 is 0 Å². The molecule has 2 N–H and O–H groups in total. The van der Waals surface area contributed by atoms with Crippen LogP contribution in [0.4, 0.5) is 5.82 Å². The molecule has 1 aliphatic rings. The average Bonchev–Trinajstić information content (AvgIpc) is 3.33. The van der Waals surface area contributed by atoms with Gasteiger partial charge in [0.25, 0.3) is 5.91 Å². The number of nitrogens with zero attached hydrogens (tertiary/aromatic N) is 1. The first-order chi connectivity index (χ1) is 10.3. The lowest BCUT2D eigenvalue weighted by atomic mass is 10.2. The van der Waals surface area contributed by atoms with Crippen molar-refractivity contribution in [3.63, 3.8) is 0 Å². The van der Waals surface area contributed by atoms with Crippen LogP contribution in [0.2, 0.25) is 0 Å². The smallest absolute Gasteiger partial charge is 0.252 e. The first kappa shape index (κ1) is 15.8. The molecular formula is C16H25N3O2. The molecular weight excluding hydrogens is 266 g/mol. The maximum atomic E-state index is 11.9. The van der Waals surface area contributed by atoms with Gasteiger partial charge in [-0.05, 0) is 43.7 Å². The van der Waals surface area contributed by atoms with Gasteiger partial charge in [0.2, 0.25) is 0 Å². The minimum absolute atomic E-state index is 0.0771. The molecule has 1 fully saturated rings. The van der Waals surface area contributed by atoms with Crippen molar-refractivity contribution in [2.24, 2.45) is 5.92 Å². The van der Waals surface area contributed by atoms with E-state index in [1.54, 1.807) is 12.3 Å². The van der Waals surface area contributed by atoms with Crippen LogP contribution in [0.1, 0.15) is 43.0 Å². The summed E-state index contributed by atoms with van der Waals surface area (Å²) in [5, 5.41) is 6.07. The molecule has 0 bridgehead atoms. The number of hydrogen-bond donors (Lipinski definition) is 2. The van der Waals surface area contributed by atoms with Crippen molar-refractivity contribution >= 4 is 11.7 Å². The molecule has 21 heavy (non-hydrogen) atoms. The van der Waals surface area contributed by atoms with Crippen molar-refractivity contribution < 1.29 is 9.53 Å². The third kappa shape index (κ3) is 6.12. The fourth-order valence-electron chi connectivity index (χ4n) is 1.90. The molecule has 1 aromatic rings. The van der Waals surface area contributed by atoms with Gasteiger partial charge in [0.1, 0.15) is 5.82 Å². The van der Waals surface area contributed by atoms with Gasteiger partial charge in [0.05, 0.1) is 5.56 Å². The quantitative estimate of drug-likeness (QED) is 0.650. The molecule has 5 heteroatoms. The molecule has 0 aromatic carbocycles. The topological polar surface area (TPSA) is 63.2 Å². The summed E-state index contributed by atoms with van der Waals surface area (Å²) in [4.78, 5) is 16.1. The summed E-state index contributed by atoms with van der Waals surface area (Å²) < 4.78 is 5.53. The fraction of sp³-hybridized carbons (Fsp3) is 0.625. The van der Waals surface area contributed by atoms with Crippen LogP contribution < -0.4 is 10.6 Å². The van der Waals surface area contributed by atoms with Crippen LogP contribution in [-0.4, -0.2) is 37.2 Å². The number of aromatic nitrogens is 1. The molecule has 116 valence electrons. The third-order valence-electron chi connectivity index (χ3n) is 3.38. The Bertz CT molecular complexity index is 430. The Morgan fingerprint density at radius 3 is 2.90 bits per heavy atom. The van der Waals surface area contributed by atoms with Crippen molar-refractivity contribution in [1.82, 2.24) is 10.3 Å². The zero-order chi connectivity index (χ0) is 14.9. The molecule has 1 saturated carbocycles. The van der Waals surface area contributed by atoms with E-state index in [1.807, 2.05) is 6.07 Å². The van der Waals surface area contributed by atoms with E-state index in [2.05, 4.69) is 22.5 Å². The van der Waals surface area contributed by atoms with Gasteiger partial charge in [-0.25, -0.2) is 4.98 Å². The maximum Gasteiger partial charge on any atom is 0.252 e. The lowest BCUT2D eigenvalue weighted by Gasteiger charge is -2.07. The monoisotopic (exact) mass is 291 g/mol. The highest BCUT2D eigenvalue weighted by molar-refractivity contribution is 5.93. The van der Waals surface area contributed by atoms with Crippen LogP contribution in [0.25, 0.3) is 0 Å². The van der Waals surface area contributed by atoms with Gasteiger partial charge in [0, 0.05) is 32.5 Å². The predicted octanol–water partition coefficient (Wildman–Crippen LogP) is 2.45. The van der Waals surface area contributed by atoms with E-state index >= 15 is 0 Å². The van der Waals surface area contributed by atoms with Crippen molar-refractivity contribution in [1.29, 1.82) is 0 Å². The number of hydrogen-bond acceptors (Lipinski definition) is 4. The summed E-state index contributed by atoms with van der Waals surface area (Å²) in [6.45, 7) is 5.22. The van der Waals surface area contributed by atoms with Crippen molar-refractivity contribution in [3.8, 4) is 0 Å². The molecule has 1 aromatic heterocycles. The highest BCUT2D eigenvalue weighted by Gasteiger charge is 2.20. The van der Waals surface area contributed by atoms with Gasteiger partial charge in [-0.1, -0.05) is 6.92 Å². The third-order valence-corrected chi connectivity index (χ3v) is 3.38. The predicted molar refractivity (Wildman–Crippen MR) is 83.5 cm³/mol. The largest absolute Gasteiger partial charge is 0.381 e. The second-order valence-corrected chi connectivity index (χ2v) is 5.49. The van der Waals surface area contributed by atoms with Crippen LogP contribution in [0.3, 0.4) is 0 Å². The van der Waals surface area contributed by atoms with Crippen molar-refractivity contribution in [2.75, 3.05) is 31.6 Å². The second kappa shape index (κ2) is 8.62. The van der Waals surface area contributed by atoms with E-state index in [0.717, 1.165) is 44.3 Å². The van der Waals surface area contributed by atoms with E-state index in [9.17, 15) is 4.79 Å². The Morgan fingerprint density at radius 2 is 2.24 bits per heavy atom. The zero-order valence-corrected chi connectivity index (χ0v) is 12.7. The molecule has 0 aliphatic heterocycles. The van der Waals surface area contributed by atoms with Crippen molar-refractivity contribution in [3.05, 3.63) is 23.9 Å². The number of nitrogens with one attached hydrogen (secondary N) is 2. The van der Waals surface area contributed by atoms with Crippen LogP contribution in [-0.2, 0) is 4.74 Å². The Balaban J connectivity index is 1.60. The number of carbonyl (C=O) groups excluding carboxylic acids is 1. The lowest BCUT2D eigenvalue weighted by molar-refractivity contribution is 0.0937. The SMILES string of the molecule is CCCNc1ccc(C(=O)NCCCOCC2CC2)cn1. The lowest BCUT2D eigenvalue weighted by Crippen LogP contribution is -2.25. The molecule has 0 spiro atoms. The summed E-state index contributed by atoms with van der Waals surface area (Å²) in [5.41, 5.74) is 0.593. The van der Waals surface area contributed by atoms with E-state index < -0.39 is 0 Å². The van der Waals surface area contributed by atoms with E-state index in [4.69, 9.17) is 4.74 Å². The highest BCUT2D eigenvalue weighted by Crippen LogP contribution is 2.28. The number of ether oxygens (including phenoxy) is 1. The summed E-state index contributed by atoms with van der Waals surface area (Å²) in [6, 6.07) is 3.63. The summed E-state index contributed by atoms with van der Waals surface area (Å²) >= 11 is 0. The Hall–Kier alpha value is -1.62. The van der Waals surface area contributed by atoms with Gasteiger partial charge in [0.15, 0.2) is 0 Å². The molecule has 0 saturated heterocycles. The molecule has 0 unspecified atom stereocenters. The first-order valence-corrected chi connectivity index (χ1v) is 7.85. The molecule has 0 radical (unpaired) electrons. The van der Waals surface area contributed by atoms with E-state index in [-0.39, 0.29) is 5.91 Å². The van der Waals surface area contributed by atoms with Gasteiger partial charge in [-0.3, -0.25) is 4.79 Å². The van der Waals surface area contributed by atoms with Crippen LogP contribution in [0.15, 0.2) is 18.3 Å². The maximum absolute atomic E-state index is 11.9. The summed E-state index contributed by atoms with van der Waals surface area (Å²) in [6.07, 6.45) is 6.13. The Morgan fingerprint density at radius 1 is 1.38 bits per heavy atom. The highest BCUT2D eigenvalue weighted by atomic mass is 16.5. The number of carbonyl (C=O) groups is 1. The van der Waals surface area contributed by atoms with Crippen LogP contribution in [0.5, 0.6) is 0 Å².